The summed E-state index contributed by atoms with van der Waals surface area (Å²) < 4.78 is 76.2. The fraction of sp³-hybridized carbons (Fsp3) is 0.111. The molecule has 0 unspecified atom stereocenters. The Balaban J connectivity index is 2.23. The van der Waals surface area contributed by atoms with Crippen molar-refractivity contribution in [2.75, 3.05) is 6.26 Å². The molecule has 27 heavy (non-hydrogen) atoms. The predicted molar refractivity (Wildman–Crippen MR) is 91.0 cm³/mol. The highest BCUT2D eigenvalue weighted by molar-refractivity contribution is 7.90. The standard InChI is InChI=1S/C18H12F4N2O2S/c1-27(25,26)15-10-23-17(11-5-7-14(19)8-6-11)24-16(15)12-3-2-4-13(9-12)18(20,21)22/h2-10H,1H3. The molecule has 2 aromatic carbocycles. The van der Waals surface area contributed by atoms with E-state index < -0.39 is 27.4 Å². The summed E-state index contributed by atoms with van der Waals surface area (Å²) in [5, 5.41) is 0. The highest BCUT2D eigenvalue weighted by Crippen LogP contribution is 2.34. The minimum Gasteiger partial charge on any atom is -0.235 e. The predicted octanol–water partition coefficient (Wildman–Crippen LogP) is 4.37. The normalized spacial score (nSPS) is 12.2. The van der Waals surface area contributed by atoms with Crippen molar-refractivity contribution in [3.63, 3.8) is 0 Å². The Bertz CT molecular complexity index is 1100. The molecule has 1 heterocycles. The van der Waals surface area contributed by atoms with Crippen molar-refractivity contribution < 1.29 is 26.0 Å². The first-order chi connectivity index (χ1) is 12.6. The van der Waals surface area contributed by atoms with E-state index in [-0.39, 0.29) is 22.0 Å². The molecule has 3 aromatic rings. The Morgan fingerprint density at radius 1 is 0.963 bits per heavy atom. The summed E-state index contributed by atoms with van der Waals surface area (Å²) >= 11 is 0. The number of nitrogens with zero attached hydrogens (tertiary/aromatic N) is 2. The summed E-state index contributed by atoms with van der Waals surface area (Å²) in [5.74, 6) is -0.417. The van der Waals surface area contributed by atoms with Crippen molar-refractivity contribution >= 4 is 9.84 Å². The zero-order chi connectivity index (χ0) is 19.8. The van der Waals surface area contributed by atoms with Gasteiger partial charge >= 0.3 is 6.18 Å². The number of alkyl halides is 3. The Hall–Kier alpha value is -2.81. The SMILES string of the molecule is CS(=O)(=O)c1cnc(-c2ccc(F)cc2)nc1-c1cccc(C(F)(F)F)c1. The van der Waals surface area contributed by atoms with E-state index in [9.17, 15) is 26.0 Å². The number of hydrogen-bond acceptors (Lipinski definition) is 4. The molecule has 140 valence electrons. The van der Waals surface area contributed by atoms with Gasteiger partial charge in [-0.2, -0.15) is 13.2 Å². The number of rotatable bonds is 3. The largest absolute Gasteiger partial charge is 0.416 e. The molecule has 1 aromatic heterocycles. The van der Waals surface area contributed by atoms with Crippen LogP contribution in [0.3, 0.4) is 0 Å². The van der Waals surface area contributed by atoms with Crippen LogP contribution in [0, 0.1) is 5.82 Å². The van der Waals surface area contributed by atoms with Gasteiger partial charge in [-0.05, 0) is 36.4 Å². The van der Waals surface area contributed by atoms with Gasteiger partial charge in [-0.25, -0.2) is 22.8 Å². The Kier molecular flexibility index (Phi) is 4.73. The smallest absolute Gasteiger partial charge is 0.235 e. The lowest BCUT2D eigenvalue weighted by atomic mass is 10.1. The third kappa shape index (κ3) is 4.13. The van der Waals surface area contributed by atoms with Crippen molar-refractivity contribution in [1.29, 1.82) is 0 Å². The lowest BCUT2D eigenvalue weighted by molar-refractivity contribution is -0.137. The minimum atomic E-state index is -4.59. The average molecular weight is 396 g/mol. The van der Waals surface area contributed by atoms with Crippen LogP contribution in [0.25, 0.3) is 22.6 Å². The number of benzene rings is 2. The van der Waals surface area contributed by atoms with Crippen molar-refractivity contribution in [2.24, 2.45) is 0 Å². The molecule has 0 N–H and O–H groups in total. The van der Waals surface area contributed by atoms with E-state index in [0.29, 0.717) is 5.56 Å². The first-order valence-electron chi connectivity index (χ1n) is 7.56. The van der Waals surface area contributed by atoms with Gasteiger partial charge in [0.2, 0.25) is 0 Å². The van der Waals surface area contributed by atoms with E-state index in [4.69, 9.17) is 0 Å². The Labute approximate surface area is 152 Å². The molecule has 0 atom stereocenters. The monoisotopic (exact) mass is 396 g/mol. The van der Waals surface area contributed by atoms with Gasteiger partial charge in [0.15, 0.2) is 15.7 Å². The van der Waals surface area contributed by atoms with Crippen LogP contribution in [-0.2, 0) is 16.0 Å². The molecule has 0 aliphatic carbocycles. The Morgan fingerprint density at radius 3 is 2.22 bits per heavy atom. The molecule has 0 aliphatic heterocycles. The highest BCUT2D eigenvalue weighted by Gasteiger charge is 2.31. The molecule has 0 spiro atoms. The molecule has 0 amide bonds. The minimum absolute atomic E-state index is 0.0176. The second kappa shape index (κ2) is 6.73. The summed E-state index contributed by atoms with van der Waals surface area (Å²) in [6.07, 6.45) is -2.63. The van der Waals surface area contributed by atoms with Crippen molar-refractivity contribution in [2.45, 2.75) is 11.1 Å². The molecule has 0 bridgehead atoms. The van der Waals surface area contributed by atoms with Gasteiger partial charge in [0.1, 0.15) is 10.7 Å². The topological polar surface area (TPSA) is 59.9 Å². The van der Waals surface area contributed by atoms with Crippen molar-refractivity contribution in [3.05, 3.63) is 66.1 Å². The fourth-order valence-corrected chi connectivity index (χ4v) is 3.19. The van der Waals surface area contributed by atoms with Gasteiger partial charge in [0.25, 0.3) is 0 Å². The second-order valence-corrected chi connectivity index (χ2v) is 7.75. The summed E-state index contributed by atoms with van der Waals surface area (Å²) in [4.78, 5) is 7.82. The van der Waals surface area contributed by atoms with E-state index in [2.05, 4.69) is 9.97 Å². The first kappa shape index (κ1) is 19.0. The van der Waals surface area contributed by atoms with Crippen LogP contribution in [0.1, 0.15) is 5.56 Å². The zero-order valence-corrected chi connectivity index (χ0v) is 14.6. The number of aromatic nitrogens is 2. The van der Waals surface area contributed by atoms with Gasteiger partial charge < -0.3 is 0 Å². The van der Waals surface area contributed by atoms with Gasteiger partial charge in [0.05, 0.1) is 17.5 Å². The lowest BCUT2D eigenvalue weighted by Gasteiger charge is -2.12. The zero-order valence-electron chi connectivity index (χ0n) is 13.8. The maximum Gasteiger partial charge on any atom is 0.416 e. The molecular formula is C18H12F4N2O2S. The van der Waals surface area contributed by atoms with Gasteiger partial charge in [0, 0.05) is 17.4 Å². The molecule has 3 rings (SSSR count). The van der Waals surface area contributed by atoms with Crippen LogP contribution < -0.4 is 0 Å². The maximum atomic E-state index is 13.1. The van der Waals surface area contributed by atoms with E-state index in [1.807, 2.05) is 0 Å². The average Bonchev–Trinajstić information content (AvgIpc) is 2.60. The van der Waals surface area contributed by atoms with E-state index in [0.717, 1.165) is 24.6 Å². The Morgan fingerprint density at radius 2 is 1.63 bits per heavy atom. The van der Waals surface area contributed by atoms with Crippen LogP contribution in [0.4, 0.5) is 17.6 Å². The third-order valence-electron chi connectivity index (χ3n) is 3.72. The van der Waals surface area contributed by atoms with Crippen molar-refractivity contribution in [1.82, 2.24) is 9.97 Å². The van der Waals surface area contributed by atoms with Crippen molar-refractivity contribution in [3.8, 4) is 22.6 Å². The summed E-state index contributed by atoms with van der Waals surface area (Å²) in [6.45, 7) is 0. The molecule has 0 aliphatic rings. The van der Waals surface area contributed by atoms with E-state index in [1.165, 1.54) is 36.4 Å². The lowest BCUT2D eigenvalue weighted by Crippen LogP contribution is -2.07. The molecule has 0 radical (unpaired) electrons. The van der Waals surface area contributed by atoms with Gasteiger partial charge in [-0.3, -0.25) is 0 Å². The van der Waals surface area contributed by atoms with Crippen LogP contribution in [0.2, 0.25) is 0 Å². The number of hydrogen-bond donors (Lipinski definition) is 0. The number of sulfone groups is 1. The van der Waals surface area contributed by atoms with E-state index in [1.54, 1.807) is 0 Å². The molecule has 0 fully saturated rings. The highest BCUT2D eigenvalue weighted by atomic mass is 32.2. The molecule has 0 saturated heterocycles. The summed E-state index contributed by atoms with van der Waals surface area (Å²) in [5.41, 5.74) is -0.708. The molecule has 4 nitrogen and oxygen atoms in total. The second-order valence-electron chi connectivity index (χ2n) is 5.76. The first-order valence-corrected chi connectivity index (χ1v) is 9.45. The summed E-state index contributed by atoms with van der Waals surface area (Å²) in [7, 11) is -3.80. The van der Waals surface area contributed by atoms with Crippen LogP contribution >= 0.6 is 0 Å². The number of halogens is 4. The fourth-order valence-electron chi connectivity index (χ4n) is 2.43. The maximum absolute atomic E-state index is 13.1. The quantitative estimate of drug-likeness (QED) is 0.617. The van der Waals surface area contributed by atoms with E-state index >= 15 is 0 Å². The molecule has 9 heteroatoms. The third-order valence-corrected chi connectivity index (χ3v) is 4.82. The van der Waals surface area contributed by atoms with Crippen LogP contribution in [0.5, 0.6) is 0 Å². The summed E-state index contributed by atoms with van der Waals surface area (Å²) in [6, 6.07) is 9.34. The van der Waals surface area contributed by atoms with Crippen LogP contribution in [0.15, 0.2) is 59.6 Å². The van der Waals surface area contributed by atoms with Gasteiger partial charge in [-0.1, -0.05) is 12.1 Å². The van der Waals surface area contributed by atoms with Crippen LogP contribution in [-0.4, -0.2) is 24.6 Å². The van der Waals surface area contributed by atoms with Gasteiger partial charge in [-0.15, -0.1) is 0 Å². The molecular weight excluding hydrogens is 384 g/mol. The molecule has 0 saturated carbocycles.